The average Bonchev–Trinajstić information content (AvgIpc) is 2.92. The van der Waals surface area contributed by atoms with Crippen molar-refractivity contribution in [1.29, 1.82) is 0 Å². The zero-order valence-electron chi connectivity index (χ0n) is 13.9. The molecule has 4 rings (SSSR count). The fourth-order valence-electron chi connectivity index (χ4n) is 3.90. The van der Waals surface area contributed by atoms with Crippen LogP contribution in [0, 0.1) is 0 Å². The summed E-state index contributed by atoms with van der Waals surface area (Å²) in [4.78, 5) is 20.9. The van der Waals surface area contributed by atoms with E-state index >= 15 is 0 Å². The highest BCUT2D eigenvalue weighted by Crippen LogP contribution is 2.38. The van der Waals surface area contributed by atoms with Gasteiger partial charge in [0, 0.05) is 26.2 Å². The topological polar surface area (TPSA) is 57.7 Å². The molecule has 7 heteroatoms. The van der Waals surface area contributed by atoms with E-state index in [4.69, 9.17) is 4.74 Å². The van der Waals surface area contributed by atoms with E-state index in [0.717, 1.165) is 63.4 Å². The Bertz CT molecular complexity index is 568. The van der Waals surface area contributed by atoms with Crippen LogP contribution in [0.4, 0.5) is 16.3 Å². The zero-order valence-corrected chi connectivity index (χ0v) is 14.7. The van der Waals surface area contributed by atoms with Crippen LogP contribution >= 0.6 is 12.4 Å². The molecule has 1 amide bonds. The fourth-order valence-corrected chi connectivity index (χ4v) is 3.90. The molecular weight excluding hydrogens is 328 g/mol. The van der Waals surface area contributed by atoms with E-state index in [9.17, 15) is 4.79 Å². The molecule has 2 aliphatic heterocycles. The van der Waals surface area contributed by atoms with E-state index in [0.29, 0.717) is 6.54 Å². The second-order valence-corrected chi connectivity index (χ2v) is 6.81. The minimum atomic E-state index is -0.257. The molecule has 6 nitrogen and oxygen atoms in total. The molecule has 2 saturated heterocycles. The van der Waals surface area contributed by atoms with Gasteiger partial charge in [0.1, 0.15) is 11.4 Å². The van der Waals surface area contributed by atoms with Gasteiger partial charge in [0.25, 0.3) is 0 Å². The summed E-state index contributed by atoms with van der Waals surface area (Å²) >= 11 is 0. The monoisotopic (exact) mass is 352 g/mol. The second kappa shape index (κ2) is 7.15. The molecule has 132 valence electrons. The third-order valence-electron chi connectivity index (χ3n) is 5.22. The van der Waals surface area contributed by atoms with Crippen molar-refractivity contribution in [3.63, 3.8) is 0 Å². The van der Waals surface area contributed by atoms with Crippen LogP contribution in [0.15, 0.2) is 18.3 Å². The summed E-state index contributed by atoms with van der Waals surface area (Å²) in [5.41, 5.74) is 0.586. The van der Waals surface area contributed by atoms with Gasteiger partial charge in [0.15, 0.2) is 0 Å². The summed E-state index contributed by atoms with van der Waals surface area (Å²) in [6, 6.07) is 4.01. The Hall–Kier alpha value is -1.53. The van der Waals surface area contributed by atoms with Crippen LogP contribution in [0.2, 0.25) is 0 Å². The molecule has 0 bridgehead atoms. The first-order valence-corrected chi connectivity index (χ1v) is 8.68. The van der Waals surface area contributed by atoms with Crippen LogP contribution in [0.5, 0.6) is 0 Å². The number of aromatic nitrogens is 1. The summed E-state index contributed by atoms with van der Waals surface area (Å²) in [6.45, 7) is 4.59. The van der Waals surface area contributed by atoms with Crippen molar-refractivity contribution in [2.45, 2.75) is 37.7 Å². The van der Waals surface area contributed by atoms with Crippen LogP contribution < -0.4 is 15.1 Å². The first kappa shape index (κ1) is 17.3. The van der Waals surface area contributed by atoms with Gasteiger partial charge in [0.2, 0.25) is 0 Å². The molecule has 1 N–H and O–H groups in total. The molecule has 3 fully saturated rings. The number of hydrogen-bond acceptors (Lipinski definition) is 5. The molecule has 1 saturated carbocycles. The van der Waals surface area contributed by atoms with Crippen LogP contribution in [0.25, 0.3) is 0 Å². The number of hydrogen-bond donors (Lipinski definition) is 1. The minimum absolute atomic E-state index is 0. The smallest absolute Gasteiger partial charge is 0.415 e. The molecule has 3 heterocycles. The first-order chi connectivity index (χ1) is 11.3. The highest BCUT2D eigenvalue weighted by atomic mass is 35.5. The van der Waals surface area contributed by atoms with Gasteiger partial charge < -0.3 is 15.0 Å². The molecule has 1 aliphatic carbocycles. The maximum absolute atomic E-state index is 12.3. The van der Waals surface area contributed by atoms with Gasteiger partial charge in [0.05, 0.1) is 18.4 Å². The lowest BCUT2D eigenvalue weighted by molar-refractivity contribution is 0.0260. The van der Waals surface area contributed by atoms with Gasteiger partial charge in [-0.2, -0.15) is 0 Å². The third kappa shape index (κ3) is 3.30. The van der Waals surface area contributed by atoms with E-state index in [-0.39, 0.29) is 24.1 Å². The summed E-state index contributed by atoms with van der Waals surface area (Å²) in [7, 11) is 0. The van der Waals surface area contributed by atoms with Crippen molar-refractivity contribution in [3.8, 4) is 0 Å². The van der Waals surface area contributed by atoms with Crippen molar-refractivity contribution < 1.29 is 9.53 Å². The highest BCUT2D eigenvalue weighted by Gasteiger charge is 2.46. The average molecular weight is 353 g/mol. The maximum atomic E-state index is 12.3. The number of ether oxygens (including phenoxy) is 1. The van der Waals surface area contributed by atoms with Crippen LogP contribution in [-0.4, -0.2) is 49.4 Å². The number of rotatable bonds is 2. The van der Waals surface area contributed by atoms with Gasteiger partial charge in [-0.25, -0.2) is 9.78 Å². The van der Waals surface area contributed by atoms with Crippen molar-refractivity contribution in [3.05, 3.63) is 18.3 Å². The Morgan fingerprint density at radius 3 is 2.54 bits per heavy atom. The number of amides is 1. The van der Waals surface area contributed by atoms with E-state index in [1.165, 1.54) is 6.42 Å². The molecule has 1 aromatic heterocycles. The van der Waals surface area contributed by atoms with E-state index in [1.807, 2.05) is 12.1 Å². The van der Waals surface area contributed by atoms with Gasteiger partial charge in [-0.05, 0) is 37.8 Å². The number of pyridine rings is 1. The number of nitrogens with one attached hydrogen (secondary N) is 1. The van der Waals surface area contributed by atoms with Gasteiger partial charge in [-0.1, -0.05) is 6.42 Å². The quantitative estimate of drug-likeness (QED) is 0.886. The molecule has 24 heavy (non-hydrogen) atoms. The Labute approximate surface area is 149 Å². The molecule has 3 aliphatic rings. The Kier molecular flexibility index (Phi) is 5.15. The number of carbonyl (C=O) groups is 1. The van der Waals surface area contributed by atoms with Crippen molar-refractivity contribution in [1.82, 2.24) is 10.3 Å². The predicted molar refractivity (Wildman–Crippen MR) is 96.2 cm³/mol. The van der Waals surface area contributed by atoms with E-state index in [1.54, 1.807) is 11.1 Å². The Morgan fingerprint density at radius 2 is 1.88 bits per heavy atom. The fraction of sp³-hybridized carbons (Fsp3) is 0.647. The molecule has 0 atom stereocenters. The second-order valence-electron chi connectivity index (χ2n) is 6.81. The first-order valence-electron chi connectivity index (χ1n) is 8.68. The predicted octanol–water partition coefficient (Wildman–Crippen LogP) is 2.57. The van der Waals surface area contributed by atoms with Crippen LogP contribution in [0.3, 0.4) is 0 Å². The van der Waals surface area contributed by atoms with Crippen molar-refractivity contribution in [2.24, 2.45) is 0 Å². The van der Waals surface area contributed by atoms with Crippen molar-refractivity contribution in [2.75, 3.05) is 42.5 Å². The normalized spacial score (nSPS) is 23.1. The minimum Gasteiger partial charge on any atom is -0.441 e. The molecule has 0 unspecified atom stereocenters. The number of carbonyl (C=O) groups excluding carboxylic acids is 1. The zero-order chi connectivity index (χ0) is 15.7. The molecule has 0 aromatic carbocycles. The largest absolute Gasteiger partial charge is 0.441 e. The maximum Gasteiger partial charge on any atom is 0.415 e. The Balaban J connectivity index is 0.00000169. The molecule has 0 radical (unpaired) electrons. The number of halogens is 1. The summed E-state index contributed by atoms with van der Waals surface area (Å²) in [6.07, 6.45) is 7.12. The standard InChI is InChI=1S/C17H24N4O2.ClH/c22-16-21(13-17(23-16)6-2-1-3-7-17)14-4-5-15(19-12-14)20-10-8-18-9-11-20;/h4-5,12,18H,1-3,6-11,13H2;1H. The van der Waals surface area contributed by atoms with Crippen LogP contribution in [0.1, 0.15) is 32.1 Å². The lowest BCUT2D eigenvalue weighted by atomic mass is 9.85. The van der Waals surface area contributed by atoms with Crippen molar-refractivity contribution >= 4 is 30.0 Å². The SMILES string of the molecule is Cl.O=C1OC2(CCCCC2)CN1c1ccc(N2CCNCC2)nc1. The summed E-state index contributed by atoms with van der Waals surface area (Å²) in [5.74, 6) is 0.982. The third-order valence-corrected chi connectivity index (χ3v) is 5.22. The summed E-state index contributed by atoms with van der Waals surface area (Å²) < 4.78 is 5.74. The lowest BCUT2D eigenvalue weighted by Crippen LogP contribution is -2.43. The van der Waals surface area contributed by atoms with Gasteiger partial charge >= 0.3 is 6.09 Å². The van der Waals surface area contributed by atoms with Gasteiger partial charge in [-0.3, -0.25) is 4.90 Å². The molecule has 1 aromatic rings. The Morgan fingerprint density at radius 1 is 1.12 bits per heavy atom. The molecular formula is C17H25ClN4O2. The highest BCUT2D eigenvalue weighted by molar-refractivity contribution is 5.90. The van der Waals surface area contributed by atoms with E-state index in [2.05, 4.69) is 15.2 Å². The number of piperazine rings is 1. The summed E-state index contributed by atoms with van der Waals surface area (Å²) in [5, 5.41) is 3.34. The number of anilines is 2. The van der Waals surface area contributed by atoms with E-state index < -0.39 is 0 Å². The number of nitrogens with zero attached hydrogens (tertiary/aromatic N) is 3. The lowest BCUT2D eigenvalue weighted by Gasteiger charge is -2.30. The van der Waals surface area contributed by atoms with Gasteiger partial charge in [-0.15, -0.1) is 12.4 Å². The molecule has 1 spiro atoms. The van der Waals surface area contributed by atoms with Crippen LogP contribution in [-0.2, 0) is 4.74 Å².